The molecule has 2 atom stereocenters. The Morgan fingerprint density at radius 1 is 1.22 bits per heavy atom. The second-order valence-electron chi connectivity index (χ2n) is 10.5. The predicted octanol–water partition coefficient (Wildman–Crippen LogP) is 5.84. The second kappa shape index (κ2) is 10.3. The molecule has 0 radical (unpaired) electrons. The molecule has 8 heteroatoms. The van der Waals surface area contributed by atoms with Crippen molar-refractivity contribution in [2.24, 2.45) is 0 Å². The molecular weight excluding hydrogens is 440 g/mol. The molecule has 32 heavy (non-hydrogen) atoms. The van der Waals surface area contributed by atoms with Crippen LogP contribution in [0.15, 0.2) is 35.8 Å². The lowest BCUT2D eigenvalue weighted by Crippen LogP contribution is -2.53. The zero-order valence-corrected chi connectivity index (χ0v) is 22.2. The maximum Gasteiger partial charge on any atom is 0.407 e. The smallest absolute Gasteiger partial charge is 0.407 e. The molecule has 0 aliphatic rings. The van der Waals surface area contributed by atoms with E-state index < -0.39 is 32.2 Å². The lowest BCUT2D eigenvalue weighted by atomic mass is 10.0. The minimum Gasteiger partial charge on any atom is -0.444 e. The van der Waals surface area contributed by atoms with E-state index in [9.17, 15) is 9.59 Å². The van der Waals surface area contributed by atoms with Crippen LogP contribution in [0.4, 0.5) is 4.79 Å². The fraction of sp³-hybridized carbons (Fsp3) is 0.542. The molecule has 0 saturated carbocycles. The number of alkyl carbamates (subject to hydrolysis) is 1. The molecule has 1 aromatic carbocycles. The molecule has 176 valence electrons. The maximum absolute atomic E-state index is 12.6. The molecule has 2 aromatic rings. The minimum atomic E-state index is -2.25. The first-order valence-electron chi connectivity index (χ1n) is 10.8. The first-order valence-corrected chi connectivity index (χ1v) is 14.6. The Balaban J connectivity index is 2.32. The van der Waals surface area contributed by atoms with Crippen LogP contribution >= 0.6 is 11.3 Å². The van der Waals surface area contributed by atoms with E-state index in [0.717, 1.165) is 22.4 Å². The van der Waals surface area contributed by atoms with Gasteiger partial charge in [-0.15, -0.1) is 11.3 Å². The highest BCUT2D eigenvalue weighted by molar-refractivity contribution is 7.13. The van der Waals surface area contributed by atoms with Gasteiger partial charge in [0.05, 0.1) is 6.04 Å². The number of ether oxygens (including phenoxy) is 1. The average molecular weight is 477 g/mol. The van der Waals surface area contributed by atoms with Gasteiger partial charge in [-0.3, -0.25) is 0 Å². The number of thiazole rings is 1. The SMILES string of the molecule is CC(C)(C)OC(=O)N[C@@H](Cc1cccc(-c2nccs2)c1)[C@@H](C=O)O[Si](C)(C)C(C)(C)C. The van der Waals surface area contributed by atoms with Gasteiger partial charge in [-0.1, -0.05) is 39.0 Å². The van der Waals surface area contributed by atoms with Gasteiger partial charge in [-0.05, 0) is 57.0 Å². The average Bonchev–Trinajstić information content (AvgIpc) is 3.18. The lowest BCUT2D eigenvalue weighted by molar-refractivity contribution is -0.115. The van der Waals surface area contributed by atoms with E-state index in [1.165, 1.54) is 0 Å². The highest BCUT2D eigenvalue weighted by Gasteiger charge is 2.41. The number of carbonyl (C=O) groups excluding carboxylic acids is 2. The monoisotopic (exact) mass is 476 g/mol. The highest BCUT2D eigenvalue weighted by Crippen LogP contribution is 2.37. The van der Waals surface area contributed by atoms with Crippen molar-refractivity contribution in [1.29, 1.82) is 0 Å². The number of hydrogen-bond acceptors (Lipinski definition) is 6. The van der Waals surface area contributed by atoms with Crippen LogP contribution in [-0.4, -0.2) is 43.4 Å². The van der Waals surface area contributed by atoms with Gasteiger partial charge in [0, 0.05) is 17.1 Å². The summed E-state index contributed by atoms with van der Waals surface area (Å²) in [7, 11) is -2.25. The summed E-state index contributed by atoms with van der Waals surface area (Å²) in [4.78, 5) is 29.1. The number of nitrogens with zero attached hydrogens (tertiary/aromatic N) is 1. The predicted molar refractivity (Wildman–Crippen MR) is 133 cm³/mol. The van der Waals surface area contributed by atoms with Crippen molar-refractivity contribution < 1.29 is 18.8 Å². The molecular formula is C24H36N2O4SSi. The summed E-state index contributed by atoms with van der Waals surface area (Å²) in [6.07, 6.45) is 1.65. The molecule has 0 aliphatic heterocycles. The van der Waals surface area contributed by atoms with Crippen LogP contribution < -0.4 is 5.32 Å². The zero-order valence-electron chi connectivity index (χ0n) is 20.4. The normalized spacial score (nSPS) is 14.5. The minimum absolute atomic E-state index is 0.0739. The summed E-state index contributed by atoms with van der Waals surface area (Å²) in [6.45, 7) is 16.0. The Hall–Kier alpha value is -2.03. The van der Waals surface area contributed by atoms with E-state index in [0.29, 0.717) is 6.42 Å². The van der Waals surface area contributed by atoms with Gasteiger partial charge in [0.1, 0.15) is 23.0 Å². The van der Waals surface area contributed by atoms with Gasteiger partial charge in [0.15, 0.2) is 8.32 Å². The van der Waals surface area contributed by atoms with Crippen molar-refractivity contribution in [3.05, 3.63) is 41.4 Å². The number of amides is 1. The van der Waals surface area contributed by atoms with E-state index in [1.807, 2.05) is 50.4 Å². The quantitative estimate of drug-likeness (QED) is 0.383. The molecule has 0 unspecified atom stereocenters. The maximum atomic E-state index is 12.6. The van der Waals surface area contributed by atoms with E-state index >= 15 is 0 Å². The van der Waals surface area contributed by atoms with Crippen molar-refractivity contribution in [3.63, 3.8) is 0 Å². The number of hydrogen-bond donors (Lipinski definition) is 1. The Morgan fingerprint density at radius 3 is 2.44 bits per heavy atom. The first kappa shape index (κ1) is 26.2. The van der Waals surface area contributed by atoms with E-state index in [4.69, 9.17) is 9.16 Å². The molecule has 0 saturated heterocycles. The van der Waals surface area contributed by atoms with Crippen molar-refractivity contribution in [3.8, 4) is 10.6 Å². The molecule has 0 fully saturated rings. The largest absolute Gasteiger partial charge is 0.444 e. The number of carbonyl (C=O) groups is 2. The molecule has 1 N–H and O–H groups in total. The number of benzene rings is 1. The molecule has 1 aromatic heterocycles. The Bertz CT molecular complexity index is 901. The summed E-state index contributed by atoms with van der Waals surface area (Å²) >= 11 is 1.57. The summed E-state index contributed by atoms with van der Waals surface area (Å²) in [5, 5.41) is 5.68. The molecule has 6 nitrogen and oxygen atoms in total. The van der Waals surface area contributed by atoms with Crippen molar-refractivity contribution in [2.45, 2.75) is 83.8 Å². The Labute approximate surface area is 196 Å². The summed E-state index contributed by atoms with van der Waals surface area (Å²) in [5.74, 6) is 0. The van der Waals surface area contributed by atoms with Crippen LogP contribution in [0.5, 0.6) is 0 Å². The molecule has 2 rings (SSSR count). The highest BCUT2D eigenvalue weighted by atomic mass is 32.1. The third-order valence-electron chi connectivity index (χ3n) is 5.53. The number of nitrogens with one attached hydrogen (secondary N) is 1. The first-order chi connectivity index (χ1) is 14.7. The third kappa shape index (κ3) is 7.53. The van der Waals surface area contributed by atoms with Crippen LogP contribution in [0.2, 0.25) is 18.1 Å². The van der Waals surface area contributed by atoms with Crippen LogP contribution in [-0.2, 0) is 20.4 Å². The number of aldehydes is 1. The second-order valence-corrected chi connectivity index (χ2v) is 16.1. The summed E-state index contributed by atoms with van der Waals surface area (Å²) in [6, 6.07) is 7.41. The fourth-order valence-corrected chi connectivity index (χ4v) is 4.77. The standard InChI is InChI=1S/C24H36N2O4SSi/c1-23(2,3)29-22(28)26-19(20(16-27)30-32(7,8)24(4,5)6)15-17-10-9-11-18(14-17)21-25-12-13-31-21/h9-14,16,19-20H,15H2,1-8H3,(H,26,28)/t19-,20+/m0/s1. The Morgan fingerprint density at radius 2 is 1.91 bits per heavy atom. The van der Waals surface area contributed by atoms with E-state index in [2.05, 4.69) is 44.2 Å². The molecule has 0 spiro atoms. The molecule has 0 bridgehead atoms. The molecule has 1 heterocycles. The third-order valence-corrected chi connectivity index (χ3v) is 10.8. The summed E-state index contributed by atoms with van der Waals surface area (Å²) < 4.78 is 11.9. The molecule has 1 amide bonds. The van der Waals surface area contributed by atoms with Crippen molar-refractivity contribution >= 4 is 32.0 Å². The van der Waals surface area contributed by atoms with Crippen LogP contribution in [0.3, 0.4) is 0 Å². The zero-order chi connectivity index (χ0) is 24.2. The molecule has 0 aliphatic carbocycles. The van der Waals surface area contributed by atoms with Crippen LogP contribution in [0.25, 0.3) is 10.6 Å². The van der Waals surface area contributed by atoms with Gasteiger partial charge in [0.2, 0.25) is 0 Å². The topological polar surface area (TPSA) is 77.5 Å². The van der Waals surface area contributed by atoms with Gasteiger partial charge >= 0.3 is 6.09 Å². The van der Waals surface area contributed by atoms with Gasteiger partial charge < -0.3 is 19.3 Å². The van der Waals surface area contributed by atoms with E-state index in [1.54, 1.807) is 17.5 Å². The van der Waals surface area contributed by atoms with Gasteiger partial charge in [-0.25, -0.2) is 9.78 Å². The van der Waals surface area contributed by atoms with Gasteiger partial charge in [-0.2, -0.15) is 0 Å². The van der Waals surface area contributed by atoms with Crippen LogP contribution in [0.1, 0.15) is 47.1 Å². The van der Waals surface area contributed by atoms with Crippen molar-refractivity contribution in [2.75, 3.05) is 0 Å². The van der Waals surface area contributed by atoms with Crippen molar-refractivity contribution in [1.82, 2.24) is 10.3 Å². The fourth-order valence-electron chi connectivity index (χ4n) is 2.88. The summed E-state index contributed by atoms with van der Waals surface area (Å²) in [5.41, 5.74) is 1.34. The lowest BCUT2D eigenvalue weighted by Gasteiger charge is -2.40. The Kier molecular flexibility index (Phi) is 8.42. The van der Waals surface area contributed by atoms with E-state index in [-0.39, 0.29) is 5.04 Å². The van der Waals surface area contributed by atoms with Crippen LogP contribution in [0, 0.1) is 0 Å². The van der Waals surface area contributed by atoms with Gasteiger partial charge in [0.25, 0.3) is 0 Å². The number of rotatable bonds is 8. The number of aromatic nitrogens is 1.